The third-order valence-corrected chi connectivity index (χ3v) is 5.89. The van der Waals surface area contributed by atoms with Gasteiger partial charge in [0.2, 0.25) is 5.91 Å². The van der Waals surface area contributed by atoms with Gasteiger partial charge in [-0.15, -0.1) is 0 Å². The lowest BCUT2D eigenvalue weighted by Crippen LogP contribution is -2.36. The summed E-state index contributed by atoms with van der Waals surface area (Å²) in [7, 11) is 0. The Kier molecular flexibility index (Phi) is 7.03. The van der Waals surface area contributed by atoms with E-state index in [2.05, 4.69) is 27.9 Å². The zero-order valence-electron chi connectivity index (χ0n) is 15.0. The van der Waals surface area contributed by atoms with Crippen LogP contribution in [-0.2, 0) is 9.59 Å². The predicted molar refractivity (Wildman–Crippen MR) is 128 cm³/mol. The molecule has 7 heteroatoms. The average Bonchev–Trinajstić information content (AvgIpc) is 2.90. The highest BCUT2D eigenvalue weighted by atomic mass is 127. The van der Waals surface area contributed by atoms with E-state index in [0.29, 0.717) is 14.9 Å². The SMILES string of the molecule is CC(=Cc1ccccc1)C=C1SC(=S)N(CC(=O)Nc2cccc(I)c2)C1=O. The Bertz CT molecular complexity index is 987. The number of nitrogens with zero attached hydrogens (tertiary/aromatic N) is 1. The second-order valence-electron chi connectivity index (χ2n) is 6.13. The number of carbonyl (C=O) groups excluding carboxylic acids is 2. The summed E-state index contributed by atoms with van der Waals surface area (Å²) in [6.07, 6.45) is 3.81. The molecule has 1 heterocycles. The summed E-state index contributed by atoms with van der Waals surface area (Å²) in [6, 6.07) is 17.3. The number of halogens is 1. The van der Waals surface area contributed by atoms with Crippen molar-refractivity contribution >= 4 is 74.5 Å². The maximum Gasteiger partial charge on any atom is 0.266 e. The molecule has 0 aliphatic carbocycles. The van der Waals surface area contributed by atoms with Gasteiger partial charge in [0.1, 0.15) is 10.9 Å². The average molecular weight is 520 g/mol. The molecule has 0 atom stereocenters. The quantitative estimate of drug-likeness (QED) is 0.340. The van der Waals surface area contributed by atoms with E-state index in [1.807, 2.05) is 73.7 Å². The molecule has 142 valence electrons. The zero-order valence-corrected chi connectivity index (χ0v) is 18.8. The first-order valence-electron chi connectivity index (χ1n) is 8.46. The molecule has 0 spiro atoms. The van der Waals surface area contributed by atoms with E-state index in [-0.39, 0.29) is 18.4 Å². The number of hydrogen-bond donors (Lipinski definition) is 1. The number of allylic oxidation sites excluding steroid dienone is 2. The van der Waals surface area contributed by atoms with Crippen LogP contribution >= 0.6 is 46.6 Å². The van der Waals surface area contributed by atoms with E-state index < -0.39 is 0 Å². The molecule has 0 aromatic heterocycles. The van der Waals surface area contributed by atoms with Crippen LogP contribution in [-0.4, -0.2) is 27.6 Å². The molecule has 0 radical (unpaired) electrons. The van der Waals surface area contributed by atoms with Gasteiger partial charge in [0, 0.05) is 9.26 Å². The van der Waals surface area contributed by atoms with Gasteiger partial charge in [0.05, 0.1) is 4.91 Å². The zero-order chi connectivity index (χ0) is 20.1. The summed E-state index contributed by atoms with van der Waals surface area (Å²) in [5.74, 6) is -0.523. The Morgan fingerprint density at radius 3 is 2.68 bits per heavy atom. The maximum atomic E-state index is 12.7. The van der Waals surface area contributed by atoms with E-state index in [9.17, 15) is 9.59 Å². The molecule has 4 nitrogen and oxygen atoms in total. The molecule has 1 saturated heterocycles. The van der Waals surface area contributed by atoms with Crippen LogP contribution in [0.1, 0.15) is 12.5 Å². The Morgan fingerprint density at radius 2 is 1.96 bits per heavy atom. The minimum atomic E-state index is -0.281. The van der Waals surface area contributed by atoms with Gasteiger partial charge < -0.3 is 5.32 Å². The summed E-state index contributed by atoms with van der Waals surface area (Å²) in [6.45, 7) is 1.83. The van der Waals surface area contributed by atoms with Crippen LogP contribution in [0, 0.1) is 3.57 Å². The Labute approximate surface area is 187 Å². The van der Waals surface area contributed by atoms with Crippen LogP contribution in [0.5, 0.6) is 0 Å². The molecule has 0 bridgehead atoms. The number of nitrogens with one attached hydrogen (secondary N) is 1. The van der Waals surface area contributed by atoms with Crippen molar-refractivity contribution in [1.29, 1.82) is 0 Å². The van der Waals surface area contributed by atoms with Gasteiger partial charge in [-0.2, -0.15) is 0 Å². The highest BCUT2D eigenvalue weighted by molar-refractivity contribution is 14.1. The summed E-state index contributed by atoms with van der Waals surface area (Å²) in [5.41, 5.74) is 2.69. The van der Waals surface area contributed by atoms with Crippen molar-refractivity contribution in [3.8, 4) is 0 Å². The monoisotopic (exact) mass is 520 g/mol. The standard InChI is InChI=1S/C21H17IN2O2S2/c1-14(10-15-6-3-2-4-7-15)11-18-20(26)24(21(27)28-18)13-19(25)23-17-9-5-8-16(22)12-17/h2-12H,13H2,1H3,(H,23,25). The van der Waals surface area contributed by atoms with Crippen LogP contribution < -0.4 is 5.32 Å². The summed E-state index contributed by atoms with van der Waals surface area (Å²) >= 11 is 8.70. The van der Waals surface area contributed by atoms with Gasteiger partial charge in [0.25, 0.3) is 5.91 Å². The van der Waals surface area contributed by atoms with Crippen molar-refractivity contribution in [3.05, 3.63) is 80.3 Å². The minimum Gasteiger partial charge on any atom is -0.325 e. The van der Waals surface area contributed by atoms with Gasteiger partial charge in [-0.25, -0.2) is 0 Å². The fraction of sp³-hybridized carbons (Fsp3) is 0.0952. The first-order chi connectivity index (χ1) is 13.4. The molecule has 1 aliphatic heterocycles. The van der Waals surface area contributed by atoms with Crippen LogP contribution in [0.25, 0.3) is 6.08 Å². The molecule has 1 fully saturated rings. The van der Waals surface area contributed by atoms with E-state index in [0.717, 1.165) is 14.7 Å². The van der Waals surface area contributed by atoms with Crippen molar-refractivity contribution in [3.63, 3.8) is 0 Å². The Balaban J connectivity index is 1.67. The van der Waals surface area contributed by atoms with Crippen molar-refractivity contribution < 1.29 is 9.59 Å². The second-order valence-corrected chi connectivity index (χ2v) is 9.05. The van der Waals surface area contributed by atoms with Crippen molar-refractivity contribution in [2.45, 2.75) is 6.92 Å². The Morgan fingerprint density at radius 1 is 1.21 bits per heavy atom. The van der Waals surface area contributed by atoms with Crippen LogP contribution in [0.2, 0.25) is 0 Å². The molecule has 28 heavy (non-hydrogen) atoms. The van der Waals surface area contributed by atoms with Crippen molar-refractivity contribution in [1.82, 2.24) is 4.90 Å². The molecule has 2 aromatic carbocycles. The van der Waals surface area contributed by atoms with E-state index >= 15 is 0 Å². The first kappa shape index (κ1) is 20.8. The number of amides is 2. The fourth-order valence-electron chi connectivity index (χ4n) is 2.61. The molecule has 1 N–H and O–H groups in total. The molecule has 2 amide bonds. The number of anilines is 1. The first-order valence-corrected chi connectivity index (χ1v) is 10.8. The fourth-order valence-corrected chi connectivity index (χ4v) is 4.46. The highest BCUT2D eigenvalue weighted by Gasteiger charge is 2.33. The third-order valence-electron chi connectivity index (χ3n) is 3.84. The summed E-state index contributed by atoms with van der Waals surface area (Å²) in [5, 5.41) is 2.80. The number of benzene rings is 2. The smallest absolute Gasteiger partial charge is 0.266 e. The lowest BCUT2D eigenvalue weighted by atomic mass is 10.1. The maximum absolute atomic E-state index is 12.7. The minimum absolute atomic E-state index is 0.102. The van der Waals surface area contributed by atoms with Crippen LogP contribution in [0.15, 0.2) is 71.2 Å². The molecular formula is C21H17IN2O2S2. The largest absolute Gasteiger partial charge is 0.325 e. The number of hydrogen-bond acceptors (Lipinski definition) is 4. The second kappa shape index (κ2) is 9.49. The number of carbonyl (C=O) groups is 2. The highest BCUT2D eigenvalue weighted by Crippen LogP contribution is 2.32. The van der Waals surface area contributed by atoms with E-state index in [1.54, 1.807) is 0 Å². The normalized spacial score (nSPS) is 16.0. The number of rotatable bonds is 5. The molecule has 1 aliphatic rings. The van der Waals surface area contributed by atoms with Crippen molar-refractivity contribution in [2.75, 3.05) is 11.9 Å². The van der Waals surface area contributed by atoms with Gasteiger partial charge >= 0.3 is 0 Å². The lowest BCUT2D eigenvalue weighted by Gasteiger charge is -2.14. The molecule has 0 saturated carbocycles. The third kappa shape index (κ3) is 5.52. The topological polar surface area (TPSA) is 49.4 Å². The van der Waals surface area contributed by atoms with E-state index in [1.165, 1.54) is 16.7 Å². The van der Waals surface area contributed by atoms with E-state index in [4.69, 9.17) is 12.2 Å². The van der Waals surface area contributed by atoms with Gasteiger partial charge in [-0.05, 0) is 64.9 Å². The van der Waals surface area contributed by atoms with Crippen LogP contribution in [0.3, 0.4) is 0 Å². The summed E-state index contributed by atoms with van der Waals surface area (Å²) < 4.78 is 1.41. The van der Waals surface area contributed by atoms with Gasteiger partial charge in [-0.3, -0.25) is 14.5 Å². The molecular weight excluding hydrogens is 503 g/mol. The molecule has 3 rings (SSSR count). The van der Waals surface area contributed by atoms with Crippen molar-refractivity contribution in [2.24, 2.45) is 0 Å². The summed E-state index contributed by atoms with van der Waals surface area (Å²) in [4.78, 5) is 26.9. The van der Waals surface area contributed by atoms with Gasteiger partial charge in [-0.1, -0.05) is 66.5 Å². The number of thiocarbonyl (C=S) groups is 1. The lowest BCUT2D eigenvalue weighted by molar-refractivity contribution is -0.126. The number of thioether (sulfide) groups is 1. The van der Waals surface area contributed by atoms with Gasteiger partial charge in [0.15, 0.2) is 0 Å². The van der Waals surface area contributed by atoms with Crippen LogP contribution in [0.4, 0.5) is 5.69 Å². The Hall–Kier alpha value is -1.97. The molecule has 0 unspecified atom stereocenters. The molecule has 2 aromatic rings. The predicted octanol–water partition coefficient (Wildman–Crippen LogP) is 5.08.